The SMILES string of the molecule is CCN1c2ncccc2C(=S)N(C)c2ccc(OC)nc21. The standard InChI is InChI=1S/C15H16N4OS/c1-4-19-13-10(6-5-9-16-13)15(21)18(2)11-7-8-12(20-3)17-14(11)19/h5-9H,4H2,1-3H3. The molecule has 0 aromatic carbocycles. The van der Waals surface area contributed by atoms with E-state index in [0.29, 0.717) is 5.88 Å². The molecule has 0 bridgehead atoms. The fourth-order valence-corrected chi connectivity index (χ4v) is 2.72. The molecule has 2 aromatic rings. The Kier molecular flexibility index (Phi) is 3.47. The molecule has 0 spiro atoms. The van der Waals surface area contributed by atoms with E-state index in [1.165, 1.54) is 0 Å². The van der Waals surface area contributed by atoms with Crippen molar-refractivity contribution in [2.45, 2.75) is 6.92 Å². The topological polar surface area (TPSA) is 41.5 Å². The molecule has 3 rings (SSSR count). The van der Waals surface area contributed by atoms with Crippen LogP contribution in [0.15, 0.2) is 30.5 Å². The summed E-state index contributed by atoms with van der Waals surface area (Å²) in [7, 11) is 3.56. The van der Waals surface area contributed by atoms with Crippen molar-refractivity contribution in [2.75, 3.05) is 30.5 Å². The van der Waals surface area contributed by atoms with Crippen LogP contribution in [0, 0.1) is 0 Å². The van der Waals surface area contributed by atoms with Gasteiger partial charge in [0.25, 0.3) is 0 Å². The fourth-order valence-electron chi connectivity index (χ4n) is 2.47. The van der Waals surface area contributed by atoms with E-state index in [2.05, 4.69) is 21.8 Å². The van der Waals surface area contributed by atoms with Crippen molar-refractivity contribution < 1.29 is 4.74 Å². The lowest BCUT2D eigenvalue weighted by atomic mass is 10.2. The zero-order valence-electron chi connectivity index (χ0n) is 12.2. The summed E-state index contributed by atoms with van der Waals surface area (Å²) in [6, 6.07) is 7.71. The quantitative estimate of drug-likeness (QED) is 0.794. The molecule has 1 aliphatic heterocycles. The van der Waals surface area contributed by atoms with E-state index >= 15 is 0 Å². The Morgan fingerprint density at radius 2 is 2.05 bits per heavy atom. The zero-order valence-corrected chi connectivity index (χ0v) is 13.0. The van der Waals surface area contributed by atoms with Gasteiger partial charge < -0.3 is 14.5 Å². The van der Waals surface area contributed by atoms with Crippen LogP contribution in [0.3, 0.4) is 0 Å². The molecule has 21 heavy (non-hydrogen) atoms. The molecule has 0 atom stereocenters. The lowest BCUT2D eigenvalue weighted by Crippen LogP contribution is -2.24. The van der Waals surface area contributed by atoms with E-state index < -0.39 is 0 Å². The third-order valence-corrected chi connectivity index (χ3v) is 4.04. The van der Waals surface area contributed by atoms with Gasteiger partial charge in [0.1, 0.15) is 10.8 Å². The van der Waals surface area contributed by atoms with Gasteiger partial charge in [-0.3, -0.25) is 0 Å². The molecule has 0 saturated heterocycles. The summed E-state index contributed by atoms with van der Waals surface area (Å²) in [6.07, 6.45) is 1.77. The van der Waals surface area contributed by atoms with Gasteiger partial charge in [-0.25, -0.2) is 4.98 Å². The lowest BCUT2D eigenvalue weighted by molar-refractivity contribution is 0.398. The number of methoxy groups -OCH3 is 1. The molecule has 3 heterocycles. The number of fused-ring (bicyclic) bond motifs is 2. The number of ether oxygens (including phenoxy) is 1. The summed E-state index contributed by atoms with van der Waals surface area (Å²) in [5, 5.41) is 0. The van der Waals surface area contributed by atoms with Gasteiger partial charge in [0.2, 0.25) is 5.88 Å². The van der Waals surface area contributed by atoms with Crippen LogP contribution in [0.25, 0.3) is 0 Å². The summed E-state index contributed by atoms with van der Waals surface area (Å²) in [6.45, 7) is 2.81. The number of hydrogen-bond acceptors (Lipinski definition) is 5. The molecule has 0 N–H and O–H groups in total. The number of pyridine rings is 2. The first-order chi connectivity index (χ1) is 10.2. The Morgan fingerprint density at radius 1 is 1.24 bits per heavy atom. The van der Waals surface area contributed by atoms with E-state index in [0.717, 1.165) is 34.4 Å². The van der Waals surface area contributed by atoms with Crippen LogP contribution in [-0.4, -0.2) is 35.7 Å². The Labute approximate surface area is 129 Å². The van der Waals surface area contributed by atoms with Gasteiger partial charge in [-0.15, -0.1) is 0 Å². The normalized spacial score (nSPS) is 13.6. The van der Waals surface area contributed by atoms with Gasteiger partial charge in [0.05, 0.1) is 18.4 Å². The maximum absolute atomic E-state index is 5.61. The first-order valence-corrected chi connectivity index (χ1v) is 7.13. The average molecular weight is 300 g/mol. The van der Waals surface area contributed by atoms with Crippen molar-refractivity contribution in [3.05, 3.63) is 36.0 Å². The van der Waals surface area contributed by atoms with Crippen molar-refractivity contribution in [1.82, 2.24) is 9.97 Å². The highest BCUT2D eigenvalue weighted by atomic mass is 32.1. The number of hydrogen-bond donors (Lipinski definition) is 0. The van der Waals surface area contributed by atoms with Crippen molar-refractivity contribution in [3.8, 4) is 5.88 Å². The molecule has 108 valence electrons. The van der Waals surface area contributed by atoms with Crippen LogP contribution in [0.5, 0.6) is 5.88 Å². The maximum Gasteiger partial charge on any atom is 0.215 e. The van der Waals surface area contributed by atoms with Crippen LogP contribution in [-0.2, 0) is 0 Å². The fraction of sp³-hybridized carbons (Fsp3) is 0.267. The molecule has 2 aromatic heterocycles. The summed E-state index contributed by atoms with van der Waals surface area (Å²) in [5.41, 5.74) is 1.88. The van der Waals surface area contributed by atoms with Gasteiger partial charge in [0.15, 0.2) is 5.82 Å². The summed E-state index contributed by atoms with van der Waals surface area (Å²) in [5.74, 6) is 2.21. The predicted octanol–water partition coefficient (Wildman–Crippen LogP) is 2.77. The minimum Gasteiger partial charge on any atom is -0.481 e. The average Bonchev–Trinajstić information content (AvgIpc) is 2.62. The molecule has 0 fully saturated rings. The second-order valence-corrected chi connectivity index (χ2v) is 5.07. The number of thiocarbonyl (C=S) groups is 1. The van der Waals surface area contributed by atoms with E-state index in [1.807, 2.05) is 36.2 Å². The van der Waals surface area contributed by atoms with Crippen molar-refractivity contribution >= 4 is 34.5 Å². The highest BCUT2D eigenvalue weighted by Crippen LogP contribution is 2.38. The minimum absolute atomic E-state index is 0.575. The second-order valence-electron chi connectivity index (χ2n) is 4.68. The molecule has 0 amide bonds. The van der Waals surface area contributed by atoms with E-state index in [9.17, 15) is 0 Å². The first kappa shape index (κ1) is 13.8. The molecular weight excluding hydrogens is 284 g/mol. The first-order valence-electron chi connectivity index (χ1n) is 6.73. The highest BCUT2D eigenvalue weighted by Gasteiger charge is 2.28. The van der Waals surface area contributed by atoms with Gasteiger partial charge in [-0.1, -0.05) is 12.2 Å². The monoisotopic (exact) mass is 300 g/mol. The zero-order chi connectivity index (χ0) is 15.0. The van der Waals surface area contributed by atoms with Crippen molar-refractivity contribution in [2.24, 2.45) is 0 Å². The Balaban J connectivity index is 2.29. The van der Waals surface area contributed by atoms with Crippen LogP contribution in [0.2, 0.25) is 0 Å². The van der Waals surface area contributed by atoms with Gasteiger partial charge in [-0.2, -0.15) is 4.98 Å². The summed E-state index contributed by atoms with van der Waals surface area (Å²) < 4.78 is 5.25. The molecule has 1 aliphatic rings. The molecule has 0 unspecified atom stereocenters. The molecule has 0 saturated carbocycles. The lowest BCUT2D eigenvalue weighted by Gasteiger charge is -2.23. The minimum atomic E-state index is 0.575. The number of nitrogens with zero attached hydrogens (tertiary/aromatic N) is 4. The van der Waals surface area contributed by atoms with E-state index in [-0.39, 0.29) is 0 Å². The van der Waals surface area contributed by atoms with Gasteiger partial charge in [0, 0.05) is 25.9 Å². The second kappa shape index (κ2) is 5.29. The maximum atomic E-state index is 5.61. The van der Waals surface area contributed by atoms with E-state index in [4.69, 9.17) is 17.0 Å². The summed E-state index contributed by atoms with van der Waals surface area (Å²) >= 11 is 5.61. The Morgan fingerprint density at radius 3 is 2.76 bits per heavy atom. The van der Waals surface area contributed by atoms with Gasteiger partial charge in [-0.05, 0) is 25.1 Å². The van der Waals surface area contributed by atoms with Crippen LogP contribution in [0.1, 0.15) is 12.5 Å². The van der Waals surface area contributed by atoms with Crippen LogP contribution >= 0.6 is 12.2 Å². The number of rotatable bonds is 2. The molecular formula is C15H16N4OS. The van der Waals surface area contributed by atoms with Crippen LogP contribution < -0.4 is 14.5 Å². The highest BCUT2D eigenvalue weighted by molar-refractivity contribution is 7.81. The smallest absolute Gasteiger partial charge is 0.215 e. The van der Waals surface area contributed by atoms with Crippen LogP contribution in [0.4, 0.5) is 17.3 Å². The Hall–Kier alpha value is -2.21. The molecule has 6 heteroatoms. The molecule has 5 nitrogen and oxygen atoms in total. The third-order valence-electron chi connectivity index (χ3n) is 3.55. The molecule has 0 aliphatic carbocycles. The Bertz CT molecular complexity index is 704. The third kappa shape index (κ3) is 2.12. The van der Waals surface area contributed by atoms with Crippen molar-refractivity contribution in [3.63, 3.8) is 0 Å². The predicted molar refractivity (Wildman–Crippen MR) is 87.8 cm³/mol. The number of anilines is 3. The van der Waals surface area contributed by atoms with Gasteiger partial charge >= 0.3 is 0 Å². The number of aromatic nitrogens is 2. The largest absolute Gasteiger partial charge is 0.481 e. The van der Waals surface area contributed by atoms with Crippen molar-refractivity contribution in [1.29, 1.82) is 0 Å². The van der Waals surface area contributed by atoms with E-state index in [1.54, 1.807) is 13.3 Å². The summed E-state index contributed by atoms with van der Waals surface area (Å²) in [4.78, 5) is 13.9. The molecule has 0 radical (unpaired) electrons.